The van der Waals surface area contributed by atoms with Gasteiger partial charge in [0.25, 0.3) is 0 Å². The Labute approximate surface area is 76.5 Å². The number of thioether (sulfide) groups is 1. The first-order chi connectivity index (χ1) is 5.71. The van der Waals surface area contributed by atoms with Gasteiger partial charge in [0.1, 0.15) is 0 Å². The van der Waals surface area contributed by atoms with Crippen LogP contribution >= 0.6 is 11.8 Å². The van der Waals surface area contributed by atoms with Gasteiger partial charge in [0.05, 0.1) is 5.41 Å². The summed E-state index contributed by atoms with van der Waals surface area (Å²) in [4.78, 5) is 11.0. The summed E-state index contributed by atoms with van der Waals surface area (Å²) >= 11 is 1.60. The molecule has 1 saturated heterocycles. The smallest absolute Gasteiger partial charge is 0.310 e. The molecule has 0 aromatic carbocycles. The number of carboxylic acids is 1. The van der Waals surface area contributed by atoms with Gasteiger partial charge in [-0.3, -0.25) is 4.79 Å². The van der Waals surface area contributed by atoms with Crippen LogP contribution in [0.15, 0.2) is 0 Å². The lowest BCUT2D eigenvalue weighted by Gasteiger charge is -2.32. The highest BCUT2D eigenvalue weighted by Crippen LogP contribution is 2.33. The maximum absolute atomic E-state index is 11.0. The number of hydrogen-bond acceptors (Lipinski definition) is 3. The van der Waals surface area contributed by atoms with Gasteiger partial charge in [-0.2, -0.15) is 11.8 Å². The normalized spacial score (nSPS) is 22.1. The van der Waals surface area contributed by atoms with Gasteiger partial charge in [-0.25, -0.2) is 0 Å². The van der Waals surface area contributed by atoms with Gasteiger partial charge in [-0.15, -0.1) is 0 Å². The molecule has 1 rings (SSSR count). The lowest BCUT2D eigenvalue weighted by Crippen LogP contribution is -2.39. The van der Waals surface area contributed by atoms with Crippen molar-refractivity contribution in [1.29, 1.82) is 0 Å². The van der Waals surface area contributed by atoms with Crippen LogP contribution in [-0.4, -0.2) is 36.3 Å². The number of hydrogen-bond donors (Lipinski definition) is 1. The molecule has 0 saturated carbocycles. The predicted molar refractivity (Wildman–Crippen MR) is 48.5 cm³/mol. The zero-order valence-corrected chi connectivity index (χ0v) is 8.02. The van der Waals surface area contributed by atoms with E-state index in [4.69, 9.17) is 9.84 Å². The first kappa shape index (κ1) is 9.86. The molecule has 1 heterocycles. The summed E-state index contributed by atoms with van der Waals surface area (Å²) in [7, 11) is 0. The molecule has 1 N–H and O–H groups in total. The number of ether oxygens (including phenoxy) is 1. The number of carboxylic acid groups (broad SMARTS) is 1. The molecule has 0 aromatic heterocycles. The van der Waals surface area contributed by atoms with E-state index in [1.54, 1.807) is 11.8 Å². The molecule has 70 valence electrons. The Hall–Kier alpha value is -0.220. The summed E-state index contributed by atoms with van der Waals surface area (Å²) in [6.45, 7) is 1.18. The van der Waals surface area contributed by atoms with Crippen LogP contribution in [0.1, 0.15) is 12.8 Å². The Morgan fingerprint density at radius 1 is 1.58 bits per heavy atom. The number of rotatable bonds is 3. The second kappa shape index (κ2) is 4.14. The zero-order chi connectivity index (χ0) is 9.03. The van der Waals surface area contributed by atoms with Gasteiger partial charge in [0, 0.05) is 19.0 Å². The molecule has 0 aliphatic carbocycles. The van der Waals surface area contributed by atoms with Crippen LogP contribution in [0.3, 0.4) is 0 Å². The highest BCUT2D eigenvalue weighted by molar-refractivity contribution is 7.98. The Kier molecular flexibility index (Phi) is 3.40. The predicted octanol–water partition coefficient (Wildman–Crippen LogP) is 1.23. The summed E-state index contributed by atoms with van der Waals surface area (Å²) in [6.07, 6.45) is 3.26. The van der Waals surface area contributed by atoms with Crippen LogP contribution in [0.4, 0.5) is 0 Å². The average Bonchev–Trinajstić information content (AvgIpc) is 2.06. The fourth-order valence-corrected chi connectivity index (χ4v) is 2.42. The minimum Gasteiger partial charge on any atom is -0.481 e. The summed E-state index contributed by atoms with van der Waals surface area (Å²) in [5.74, 6) is 0.0336. The summed E-state index contributed by atoms with van der Waals surface area (Å²) < 4.78 is 5.15. The van der Waals surface area contributed by atoms with Gasteiger partial charge in [-0.05, 0) is 19.1 Å². The van der Waals surface area contributed by atoms with Crippen LogP contribution in [0, 0.1) is 5.41 Å². The molecule has 1 aliphatic rings. The van der Waals surface area contributed by atoms with Crippen molar-refractivity contribution in [2.75, 3.05) is 25.2 Å². The molecule has 0 radical (unpaired) electrons. The van der Waals surface area contributed by atoms with E-state index in [1.807, 2.05) is 6.26 Å². The van der Waals surface area contributed by atoms with Crippen LogP contribution < -0.4 is 0 Å². The molecule has 3 nitrogen and oxygen atoms in total. The minimum absolute atomic E-state index is 0.516. The standard InChI is InChI=1S/C8H14O3S/c1-12-6-8(7(9)10)2-4-11-5-3-8/h2-6H2,1H3,(H,9,10). The van der Waals surface area contributed by atoms with Crippen molar-refractivity contribution in [3.8, 4) is 0 Å². The van der Waals surface area contributed by atoms with E-state index in [-0.39, 0.29) is 0 Å². The summed E-state index contributed by atoms with van der Waals surface area (Å²) in [5.41, 5.74) is -0.516. The van der Waals surface area contributed by atoms with Gasteiger partial charge in [0.15, 0.2) is 0 Å². The maximum Gasteiger partial charge on any atom is 0.310 e. The molecule has 0 aromatic rings. The fraction of sp³-hybridized carbons (Fsp3) is 0.875. The van der Waals surface area contributed by atoms with Crippen molar-refractivity contribution in [2.45, 2.75) is 12.8 Å². The van der Waals surface area contributed by atoms with Crippen LogP contribution in [-0.2, 0) is 9.53 Å². The third kappa shape index (κ3) is 1.93. The van der Waals surface area contributed by atoms with Crippen molar-refractivity contribution >= 4 is 17.7 Å². The van der Waals surface area contributed by atoms with Crippen molar-refractivity contribution < 1.29 is 14.6 Å². The molecule has 4 heteroatoms. The fourth-order valence-electron chi connectivity index (χ4n) is 1.46. The van der Waals surface area contributed by atoms with Crippen molar-refractivity contribution in [1.82, 2.24) is 0 Å². The first-order valence-corrected chi connectivity index (χ1v) is 5.41. The third-order valence-electron chi connectivity index (χ3n) is 2.32. The van der Waals surface area contributed by atoms with Crippen molar-refractivity contribution in [2.24, 2.45) is 5.41 Å². The zero-order valence-electron chi connectivity index (χ0n) is 7.21. The van der Waals surface area contributed by atoms with Crippen LogP contribution in [0.5, 0.6) is 0 Å². The van der Waals surface area contributed by atoms with Gasteiger partial charge in [-0.1, -0.05) is 0 Å². The lowest BCUT2D eigenvalue weighted by molar-refractivity contribution is -0.152. The molecule has 1 fully saturated rings. The SMILES string of the molecule is CSCC1(C(=O)O)CCOCC1. The van der Waals surface area contributed by atoms with E-state index in [9.17, 15) is 4.79 Å². The van der Waals surface area contributed by atoms with E-state index in [0.29, 0.717) is 31.8 Å². The molecule has 1 aliphatic heterocycles. The van der Waals surface area contributed by atoms with Gasteiger partial charge >= 0.3 is 5.97 Å². The Morgan fingerprint density at radius 2 is 2.17 bits per heavy atom. The summed E-state index contributed by atoms with van der Waals surface area (Å²) in [5, 5.41) is 9.05. The Bertz CT molecular complexity index is 158. The largest absolute Gasteiger partial charge is 0.481 e. The highest BCUT2D eigenvalue weighted by Gasteiger charge is 2.39. The second-order valence-electron chi connectivity index (χ2n) is 3.13. The van der Waals surface area contributed by atoms with Crippen LogP contribution in [0.25, 0.3) is 0 Å². The monoisotopic (exact) mass is 190 g/mol. The van der Waals surface area contributed by atoms with E-state index in [1.165, 1.54) is 0 Å². The Morgan fingerprint density at radius 3 is 2.58 bits per heavy atom. The number of aliphatic carboxylic acids is 1. The molecule has 0 atom stereocenters. The molecule has 0 spiro atoms. The van der Waals surface area contributed by atoms with E-state index in [0.717, 1.165) is 0 Å². The molecule has 12 heavy (non-hydrogen) atoms. The molecule has 0 unspecified atom stereocenters. The minimum atomic E-state index is -0.667. The van der Waals surface area contributed by atoms with E-state index < -0.39 is 11.4 Å². The van der Waals surface area contributed by atoms with Crippen molar-refractivity contribution in [3.63, 3.8) is 0 Å². The van der Waals surface area contributed by atoms with Crippen molar-refractivity contribution in [3.05, 3.63) is 0 Å². The second-order valence-corrected chi connectivity index (χ2v) is 4.00. The van der Waals surface area contributed by atoms with Crippen LogP contribution in [0.2, 0.25) is 0 Å². The highest BCUT2D eigenvalue weighted by atomic mass is 32.2. The topological polar surface area (TPSA) is 46.5 Å². The van der Waals surface area contributed by atoms with E-state index in [2.05, 4.69) is 0 Å². The van der Waals surface area contributed by atoms with E-state index >= 15 is 0 Å². The van der Waals surface area contributed by atoms with Gasteiger partial charge in [0.2, 0.25) is 0 Å². The molecule has 0 amide bonds. The molecular formula is C8H14O3S. The first-order valence-electron chi connectivity index (χ1n) is 4.01. The third-order valence-corrected chi connectivity index (χ3v) is 3.17. The van der Waals surface area contributed by atoms with Gasteiger partial charge < -0.3 is 9.84 Å². The maximum atomic E-state index is 11.0. The number of carbonyl (C=O) groups is 1. The quantitative estimate of drug-likeness (QED) is 0.727. The Balaban J connectivity index is 2.63. The lowest BCUT2D eigenvalue weighted by atomic mass is 9.82. The molecule has 0 bridgehead atoms. The summed E-state index contributed by atoms with van der Waals surface area (Å²) in [6, 6.07) is 0. The average molecular weight is 190 g/mol. The molecular weight excluding hydrogens is 176 g/mol.